The Morgan fingerprint density at radius 1 is 1.29 bits per heavy atom. The molecule has 0 spiro atoms. The van der Waals surface area contributed by atoms with E-state index in [-0.39, 0.29) is 19.0 Å². The maximum atomic E-state index is 11.9. The first kappa shape index (κ1) is 17.0. The monoisotopic (exact) mass is 294 g/mol. The van der Waals surface area contributed by atoms with Crippen molar-refractivity contribution in [3.8, 4) is 0 Å². The van der Waals surface area contributed by atoms with Gasteiger partial charge in [0.25, 0.3) is 0 Å². The van der Waals surface area contributed by atoms with Crippen LogP contribution in [0.5, 0.6) is 0 Å². The fourth-order valence-corrected chi connectivity index (χ4v) is 1.92. The maximum Gasteiger partial charge on any atom is 0.319 e. The number of carbonyl (C=O) groups excluding carboxylic acids is 1. The van der Waals surface area contributed by atoms with Gasteiger partial charge in [-0.1, -0.05) is 32.0 Å². The minimum absolute atomic E-state index is 0.137. The van der Waals surface area contributed by atoms with E-state index in [4.69, 9.17) is 9.84 Å². The lowest BCUT2D eigenvalue weighted by molar-refractivity contribution is -0.139. The lowest BCUT2D eigenvalue weighted by Gasteiger charge is -2.16. The molecule has 0 aliphatic heterocycles. The molecule has 3 N–H and O–H groups in total. The van der Waals surface area contributed by atoms with Crippen molar-refractivity contribution in [2.45, 2.75) is 32.3 Å². The van der Waals surface area contributed by atoms with Crippen molar-refractivity contribution < 1.29 is 19.4 Å². The van der Waals surface area contributed by atoms with Crippen LogP contribution < -0.4 is 10.6 Å². The molecule has 6 heteroatoms. The Labute approximate surface area is 124 Å². The third-order valence-electron chi connectivity index (χ3n) is 3.06. The van der Waals surface area contributed by atoms with Crippen molar-refractivity contribution in [2.24, 2.45) is 0 Å². The summed E-state index contributed by atoms with van der Waals surface area (Å²) >= 11 is 0. The zero-order valence-corrected chi connectivity index (χ0v) is 12.6. The van der Waals surface area contributed by atoms with Crippen LogP contribution in [-0.2, 0) is 9.53 Å². The second-order valence-electron chi connectivity index (χ2n) is 5.03. The highest BCUT2D eigenvalue weighted by Crippen LogP contribution is 2.23. The van der Waals surface area contributed by atoms with Crippen LogP contribution in [0.4, 0.5) is 10.5 Å². The van der Waals surface area contributed by atoms with Crippen LogP contribution in [-0.4, -0.2) is 36.9 Å². The van der Waals surface area contributed by atoms with Crippen molar-refractivity contribution in [1.29, 1.82) is 0 Å². The molecule has 6 nitrogen and oxygen atoms in total. The standard InChI is InChI=1S/C15H22N2O4/c1-10(2)12-6-4-5-7-13(12)17-15(20)16-9-11(21-3)8-14(18)19/h4-7,10-11H,8-9H2,1-3H3,(H,18,19)(H2,16,17,20). The summed E-state index contributed by atoms with van der Waals surface area (Å²) in [4.78, 5) is 22.5. The number of methoxy groups -OCH3 is 1. The third kappa shape index (κ3) is 5.83. The lowest BCUT2D eigenvalue weighted by atomic mass is 10.0. The highest BCUT2D eigenvalue weighted by molar-refractivity contribution is 5.90. The molecule has 1 aromatic carbocycles. The molecule has 0 saturated heterocycles. The van der Waals surface area contributed by atoms with Crippen molar-refractivity contribution in [3.63, 3.8) is 0 Å². The largest absolute Gasteiger partial charge is 0.481 e. The molecule has 0 aliphatic carbocycles. The van der Waals surface area contributed by atoms with E-state index in [1.807, 2.05) is 38.1 Å². The molecule has 0 aliphatic rings. The normalized spacial score (nSPS) is 12.0. The number of urea groups is 1. The van der Waals surface area contributed by atoms with Crippen LogP contribution in [0.2, 0.25) is 0 Å². The minimum atomic E-state index is -0.964. The van der Waals surface area contributed by atoms with E-state index in [0.29, 0.717) is 5.92 Å². The summed E-state index contributed by atoms with van der Waals surface area (Å²) < 4.78 is 5.00. The van der Waals surface area contributed by atoms with Gasteiger partial charge in [-0.05, 0) is 17.5 Å². The number of carbonyl (C=O) groups is 2. The zero-order chi connectivity index (χ0) is 15.8. The van der Waals surface area contributed by atoms with Gasteiger partial charge in [-0.15, -0.1) is 0 Å². The predicted molar refractivity (Wildman–Crippen MR) is 80.6 cm³/mol. The molecular weight excluding hydrogens is 272 g/mol. The second kappa shape index (κ2) is 8.26. The number of hydrogen-bond acceptors (Lipinski definition) is 3. The van der Waals surface area contributed by atoms with Crippen LogP contribution in [0, 0.1) is 0 Å². The number of carboxylic acids is 1. The number of anilines is 1. The van der Waals surface area contributed by atoms with Crippen LogP contribution in [0.3, 0.4) is 0 Å². The van der Waals surface area contributed by atoms with Crippen molar-refractivity contribution in [2.75, 3.05) is 19.0 Å². The number of amides is 2. The van der Waals surface area contributed by atoms with E-state index in [9.17, 15) is 9.59 Å². The quantitative estimate of drug-likeness (QED) is 0.720. The zero-order valence-electron chi connectivity index (χ0n) is 12.6. The van der Waals surface area contributed by atoms with E-state index in [2.05, 4.69) is 10.6 Å². The van der Waals surface area contributed by atoms with Gasteiger partial charge in [0.2, 0.25) is 0 Å². The summed E-state index contributed by atoms with van der Waals surface area (Å²) in [6, 6.07) is 7.19. The van der Waals surface area contributed by atoms with Gasteiger partial charge in [0, 0.05) is 19.3 Å². The number of benzene rings is 1. The highest BCUT2D eigenvalue weighted by Gasteiger charge is 2.14. The number of ether oxygens (including phenoxy) is 1. The fraction of sp³-hybridized carbons (Fsp3) is 0.467. The molecule has 2 amide bonds. The highest BCUT2D eigenvalue weighted by atomic mass is 16.5. The Bertz CT molecular complexity index is 488. The average molecular weight is 294 g/mol. The first-order valence-corrected chi connectivity index (χ1v) is 6.82. The second-order valence-corrected chi connectivity index (χ2v) is 5.03. The number of hydrogen-bond donors (Lipinski definition) is 3. The van der Waals surface area contributed by atoms with E-state index in [1.165, 1.54) is 7.11 Å². The number of carboxylic acid groups (broad SMARTS) is 1. The molecular formula is C15H22N2O4. The molecule has 1 unspecified atom stereocenters. The molecule has 0 bridgehead atoms. The smallest absolute Gasteiger partial charge is 0.319 e. The molecule has 21 heavy (non-hydrogen) atoms. The Balaban J connectivity index is 2.56. The van der Waals surface area contributed by atoms with E-state index >= 15 is 0 Å². The van der Waals surface area contributed by atoms with Crippen molar-refractivity contribution >= 4 is 17.7 Å². The van der Waals surface area contributed by atoms with Crippen molar-refractivity contribution in [1.82, 2.24) is 5.32 Å². The van der Waals surface area contributed by atoms with E-state index in [1.54, 1.807) is 0 Å². The summed E-state index contributed by atoms with van der Waals surface area (Å²) in [5, 5.41) is 14.1. The first-order chi connectivity index (χ1) is 9.93. The molecule has 116 valence electrons. The van der Waals surface area contributed by atoms with Gasteiger partial charge >= 0.3 is 12.0 Å². The van der Waals surface area contributed by atoms with E-state index in [0.717, 1.165) is 11.3 Å². The van der Waals surface area contributed by atoms with Crippen molar-refractivity contribution in [3.05, 3.63) is 29.8 Å². The summed E-state index contributed by atoms with van der Waals surface area (Å²) in [5.41, 5.74) is 1.79. The van der Waals surface area contributed by atoms with Gasteiger partial charge < -0.3 is 20.5 Å². The molecule has 0 radical (unpaired) electrons. The first-order valence-electron chi connectivity index (χ1n) is 6.82. The van der Waals surface area contributed by atoms with Crippen LogP contribution >= 0.6 is 0 Å². The Morgan fingerprint density at radius 2 is 1.95 bits per heavy atom. The van der Waals surface area contributed by atoms with Gasteiger partial charge in [0.05, 0.1) is 12.5 Å². The van der Waals surface area contributed by atoms with Crippen LogP contribution in [0.25, 0.3) is 0 Å². The number of nitrogens with one attached hydrogen (secondary N) is 2. The van der Waals surface area contributed by atoms with Gasteiger partial charge in [-0.2, -0.15) is 0 Å². The Kier molecular flexibility index (Phi) is 6.68. The number of rotatable bonds is 7. The van der Waals surface area contributed by atoms with Gasteiger partial charge in [-0.3, -0.25) is 4.79 Å². The molecule has 0 heterocycles. The average Bonchev–Trinajstić information content (AvgIpc) is 2.43. The third-order valence-corrected chi connectivity index (χ3v) is 3.06. The fourth-order valence-electron chi connectivity index (χ4n) is 1.92. The SMILES string of the molecule is COC(CNC(=O)Nc1ccccc1C(C)C)CC(=O)O. The number of para-hydroxylation sites is 1. The van der Waals surface area contributed by atoms with Gasteiger partial charge in [0.15, 0.2) is 0 Å². The van der Waals surface area contributed by atoms with Gasteiger partial charge in [-0.25, -0.2) is 4.79 Å². The molecule has 1 rings (SSSR count). The summed E-state index contributed by atoms with van der Waals surface area (Å²) in [5.74, 6) is -0.672. The summed E-state index contributed by atoms with van der Waals surface area (Å²) in [6.07, 6.45) is -0.701. The summed E-state index contributed by atoms with van der Waals surface area (Å²) in [7, 11) is 1.42. The Hall–Kier alpha value is -2.08. The molecule has 0 saturated carbocycles. The van der Waals surface area contributed by atoms with Crippen LogP contribution in [0.1, 0.15) is 31.7 Å². The maximum absolute atomic E-state index is 11.9. The Morgan fingerprint density at radius 3 is 2.52 bits per heavy atom. The van der Waals surface area contributed by atoms with E-state index < -0.39 is 12.1 Å². The molecule has 0 fully saturated rings. The predicted octanol–water partition coefficient (Wildman–Crippen LogP) is 2.42. The summed E-state index contributed by atoms with van der Waals surface area (Å²) in [6.45, 7) is 4.23. The number of aliphatic carboxylic acids is 1. The molecule has 1 aromatic rings. The lowest BCUT2D eigenvalue weighted by Crippen LogP contribution is -2.37. The van der Waals surface area contributed by atoms with Crippen LogP contribution in [0.15, 0.2) is 24.3 Å². The van der Waals surface area contributed by atoms with Gasteiger partial charge in [0.1, 0.15) is 0 Å². The molecule has 1 atom stereocenters. The minimum Gasteiger partial charge on any atom is -0.481 e. The molecule has 0 aromatic heterocycles. The topological polar surface area (TPSA) is 87.7 Å².